The Morgan fingerprint density at radius 1 is 1.00 bits per heavy atom. The van der Waals surface area contributed by atoms with Crippen LogP contribution in [0.15, 0.2) is 36.1 Å². The maximum absolute atomic E-state index is 3.18. The first-order valence-corrected chi connectivity index (χ1v) is 5.92. The molecule has 78 valence electrons. The van der Waals surface area contributed by atoms with Crippen molar-refractivity contribution in [2.24, 2.45) is 10.8 Å². The highest BCUT2D eigenvalue weighted by Gasteiger charge is 2.17. The van der Waals surface area contributed by atoms with Crippen LogP contribution in [0, 0.1) is 10.8 Å². The van der Waals surface area contributed by atoms with Crippen LogP contribution in [0.5, 0.6) is 0 Å². The van der Waals surface area contributed by atoms with Gasteiger partial charge in [0.05, 0.1) is 22.9 Å². The molecule has 0 bridgehead atoms. The minimum Gasteiger partial charge on any atom is -0.329 e. The first-order chi connectivity index (χ1) is 6.35. The highest BCUT2D eigenvalue weighted by Crippen LogP contribution is 2.29. The molecule has 0 saturated carbocycles. The lowest BCUT2D eigenvalue weighted by Crippen LogP contribution is -2.13. The van der Waals surface area contributed by atoms with Gasteiger partial charge < -0.3 is 3.53 Å². The summed E-state index contributed by atoms with van der Waals surface area (Å²) in [5.74, 6) is 0. The number of hydrogen-bond acceptors (Lipinski definition) is 1. The predicted molar refractivity (Wildman–Crippen MR) is 71.1 cm³/mol. The first-order valence-electron chi connectivity index (χ1n) is 4.84. The van der Waals surface area contributed by atoms with Crippen molar-refractivity contribution < 1.29 is 0 Å². The predicted octanol–water partition coefficient (Wildman–Crippen LogP) is 3.99. The van der Waals surface area contributed by atoms with Crippen molar-refractivity contribution in [3.05, 3.63) is 36.1 Å². The molecule has 1 aliphatic carbocycles. The number of allylic oxidation sites excluding steroid dienone is 5. The molecule has 0 aromatic carbocycles. The van der Waals surface area contributed by atoms with Crippen LogP contribution in [0.25, 0.3) is 0 Å². The molecule has 0 aromatic heterocycles. The molecule has 1 rings (SSSR count). The van der Waals surface area contributed by atoms with Crippen LogP contribution in [0.1, 0.15) is 27.7 Å². The molecular weight excluding hydrogens is 285 g/mol. The van der Waals surface area contributed by atoms with Crippen LogP contribution < -0.4 is 3.53 Å². The minimum absolute atomic E-state index is 0.121. The Balaban J connectivity index is 3.10. The molecule has 0 amide bonds. The standard InChI is InChI=1S/C12H18IN/c1-11(2)6-5-10(14-13)9-12(3,4)8-7-11/h5-9,14H,1-4H3/b6-5-,8-7-,10-9+. The van der Waals surface area contributed by atoms with Gasteiger partial charge in [-0.1, -0.05) is 52.0 Å². The van der Waals surface area contributed by atoms with E-state index < -0.39 is 0 Å². The summed E-state index contributed by atoms with van der Waals surface area (Å²) in [5.41, 5.74) is 1.44. The summed E-state index contributed by atoms with van der Waals surface area (Å²) in [6.45, 7) is 8.86. The lowest BCUT2D eigenvalue weighted by molar-refractivity contribution is 0.571. The molecule has 1 aliphatic rings. The van der Waals surface area contributed by atoms with Crippen LogP contribution >= 0.6 is 22.9 Å². The Bertz CT molecular complexity index is 295. The molecule has 0 aliphatic heterocycles. The number of hydrogen-bond donors (Lipinski definition) is 1. The maximum atomic E-state index is 3.18. The molecule has 0 unspecified atom stereocenters. The zero-order valence-corrected chi connectivity index (χ0v) is 11.4. The van der Waals surface area contributed by atoms with E-state index in [-0.39, 0.29) is 10.8 Å². The SMILES string of the molecule is CC1(C)/C=C\C(NI)=C/C(C)(C)/C=C\1. The monoisotopic (exact) mass is 303 g/mol. The van der Waals surface area contributed by atoms with Crippen molar-refractivity contribution >= 4 is 22.9 Å². The number of halogens is 1. The van der Waals surface area contributed by atoms with Gasteiger partial charge in [0.1, 0.15) is 0 Å². The zero-order valence-electron chi connectivity index (χ0n) is 9.26. The average molecular weight is 303 g/mol. The lowest BCUT2D eigenvalue weighted by Gasteiger charge is -2.23. The van der Waals surface area contributed by atoms with E-state index in [9.17, 15) is 0 Å². The fourth-order valence-electron chi connectivity index (χ4n) is 1.35. The quantitative estimate of drug-likeness (QED) is 0.439. The first kappa shape index (κ1) is 11.8. The van der Waals surface area contributed by atoms with Gasteiger partial charge in [0.25, 0.3) is 0 Å². The van der Waals surface area contributed by atoms with Crippen molar-refractivity contribution in [3.8, 4) is 0 Å². The summed E-state index contributed by atoms with van der Waals surface area (Å²) >= 11 is 2.17. The van der Waals surface area contributed by atoms with Gasteiger partial charge in [0.2, 0.25) is 0 Å². The van der Waals surface area contributed by atoms with Crippen molar-refractivity contribution in [2.45, 2.75) is 27.7 Å². The van der Waals surface area contributed by atoms with Crippen LogP contribution in [-0.2, 0) is 0 Å². The van der Waals surface area contributed by atoms with E-state index in [1.807, 2.05) is 0 Å². The van der Waals surface area contributed by atoms with E-state index in [1.165, 1.54) is 5.70 Å². The highest BCUT2D eigenvalue weighted by molar-refractivity contribution is 14.1. The van der Waals surface area contributed by atoms with Crippen molar-refractivity contribution in [1.82, 2.24) is 3.53 Å². The molecule has 0 heterocycles. The third kappa shape index (κ3) is 3.48. The van der Waals surface area contributed by atoms with Gasteiger partial charge in [0.15, 0.2) is 0 Å². The van der Waals surface area contributed by atoms with Crippen LogP contribution in [0.2, 0.25) is 0 Å². The van der Waals surface area contributed by atoms with Crippen molar-refractivity contribution in [3.63, 3.8) is 0 Å². The fourth-order valence-corrected chi connectivity index (χ4v) is 1.68. The Kier molecular flexibility index (Phi) is 3.45. The minimum atomic E-state index is 0.121. The van der Waals surface area contributed by atoms with E-state index >= 15 is 0 Å². The topological polar surface area (TPSA) is 12.0 Å². The molecule has 0 fully saturated rings. The molecule has 0 aromatic rings. The van der Waals surface area contributed by atoms with Gasteiger partial charge >= 0.3 is 0 Å². The summed E-state index contributed by atoms with van der Waals surface area (Å²) in [7, 11) is 0. The second-order valence-electron chi connectivity index (χ2n) is 5.00. The van der Waals surface area contributed by atoms with Gasteiger partial charge in [-0.15, -0.1) is 0 Å². The molecule has 1 nitrogen and oxygen atoms in total. The second kappa shape index (κ2) is 4.09. The second-order valence-corrected chi connectivity index (χ2v) is 5.54. The van der Waals surface area contributed by atoms with Crippen molar-refractivity contribution in [2.75, 3.05) is 0 Å². The summed E-state index contributed by atoms with van der Waals surface area (Å²) in [6.07, 6.45) is 11.1. The van der Waals surface area contributed by atoms with E-state index in [0.717, 1.165) is 0 Å². The van der Waals surface area contributed by atoms with Crippen LogP contribution in [0.3, 0.4) is 0 Å². The Labute approximate surface area is 101 Å². The van der Waals surface area contributed by atoms with E-state index in [0.29, 0.717) is 0 Å². The Morgan fingerprint density at radius 3 is 2.14 bits per heavy atom. The molecule has 0 atom stereocenters. The smallest absolute Gasteiger partial charge is 0.0560 e. The molecular formula is C12H18IN. The lowest BCUT2D eigenvalue weighted by atomic mass is 9.83. The van der Waals surface area contributed by atoms with Gasteiger partial charge in [-0.2, -0.15) is 0 Å². The maximum Gasteiger partial charge on any atom is 0.0560 e. The van der Waals surface area contributed by atoms with Gasteiger partial charge in [-0.3, -0.25) is 0 Å². The van der Waals surface area contributed by atoms with E-state index in [4.69, 9.17) is 0 Å². The normalized spacial score (nSPS) is 31.9. The summed E-state index contributed by atoms with van der Waals surface area (Å²) in [6, 6.07) is 0. The summed E-state index contributed by atoms with van der Waals surface area (Å²) < 4.78 is 3.18. The molecule has 1 N–H and O–H groups in total. The Morgan fingerprint density at radius 2 is 1.57 bits per heavy atom. The van der Waals surface area contributed by atoms with Crippen LogP contribution in [-0.4, -0.2) is 0 Å². The number of nitrogens with one attached hydrogen (secondary N) is 1. The molecule has 0 saturated heterocycles. The largest absolute Gasteiger partial charge is 0.329 e. The third-order valence-corrected chi connectivity index (χ3v) is 2.89. The molecule has 0 spiro atoms. The highest BCUT2D eigenvalue weighted by atomic mass is 127. The van der Waals surface area contributed by atoms with Gasteiger partial charge in [-0.25, -0.2) is 0 Å². The van der Waals surface area contributed by atoms with Gasteiger partial charge in [0, 0.05) is 16.5 Å². The Hall–Kier alpha value is -0.250. The summed E-state index contributed by atoms with van der Waals surface area (Å²) in [5, 5.41) is 0. The van der Waals surface area contributed by atoms with E-state index in [1.54, 1.807) is 0 Å². The summed E-state index contributed by atoms with van der Waals surface area (Å²) in [4.78, 5) is 0. The third-order valence-electron chi connectivity index (χ3n) is 2.27. The van der Waals surface area contributed by atoms with Crippen molar-refractivity contribution in [1.29, 1.82) is 0 Å². The zero-order chi connectivity index (χ0) is 10.8. The molecule has 14 heavy (non-hydrogen) atoms. The molecule has 2 heteroatoms. The van der Waals surface area contributed by atoms with Crippen LogP contribution in [0.4, 0.5) is 0 Å². The van der Waals surface area contributed by atoms with E-state index in [2.05, 4.69) is 84.5 Å². The molecule has 0 radical (unpaired) electrons. The number of rotatable bonds is 1. The average Bonchev–Trinajstić information content (AvgIpc) is 2.08. The fraction of sp³-hybridized carbons (Fsp3) is 0.500. The van der Waals surface area contributed by atoms with Gasteiger partial charge in [-0.05, 0) is 6.08 Å².